The zero-order valence-corrected chi connectivity index (χ0v) is 11.8. The topological polar surface area (TPSA) is 26.3 Å². The van der Waals surface area contributed by atoms with Gasteiger partial charge in [-0.25, -0.2) is 4.79 Å². The largest absolute Gasteiger partial charge is 0.459 e. The molecule has 0 aliphatic rings. The van der Waals surface area contributed by atoms with E-state index in [0.29, 0.717) is 10.6 Å². The van der Waals surface area contributed by atoms with Gasteiger partial charge in [0, 0.05) is 5.02 Å². The summed E-state index contributed by atoms with van der Waals surface area (Å²) >= 11 is 5.98. The standard InChI is InChI=1S/C14H19ClO2/c1-9(2)17-13(16)11-7-6-10(15)8-12(11)14(3,4)5/h6-9H,1-5H3. The summed E-state index contributed by atoms with van der Waals surface area (Å²) in [6, 6.07) is 5.28. The van der Waals surface area contributed by atoms with Crippen molar-refractivity contribution in [2.24, 2.45) is 0 Å². The molecule has 1 aromatic rings. The molecule has 0 amide bonds. The summed E-state index contributed by atoms with van der Waals surface area (Å²) in [5.74, 6) is -0.290. The number of esters is 1. The fraction of sp³-hybridized carbons (Fsp3) is 0.500. The molecule has 0 radical (unpaired) electrons. The Labute approximate surface area is 108 Å². The van der Waals surface area contributed by atoms with Crippen LogP contribution in [0.3, 0.4) is 0 Å². The molecule has 0 atom stereocenters. The Kier molecular flexibility index (Phi) is 4.21. The summed E-state index contributed by atoms with van der Waals surface area (Å²) in [6.45, 7) is 9.82. The number of carbonyl (C=O) groups excluding carboxylic acids is 1. The van der Waals surface area contributed by atoms with Crippen molar-refractivity contribution in [3.05, 3.63) is 34.3 Å². The van der Waals surface area contributed by atoms with E-state index in [-0.39, 0.29) is 17.5 Å². The molecule has 2 nitrogen and oxygen atoms in total. The number of ether oxygens (including phenoxy) is 1. The van der Waals surface area contributed by atoms with Gasteiger partial charge in [-0.15, -0.1) is 0 Å². The van der Waals surface area contributed by atoms with E-state index in [2.05, 4.69) is 0 Å². The highest BCUT2D eigenvalue weighted by Crippen LogP contribution is 2.29. The molecular weight excluding hydrogens is 236 g/mol. The quantitative estimate of drug-likeness (QED) is 0.740. The molecule has 0 aliphatic carbocycles. The molecule has 0 spiro atoms. The molecule has 94 valence electrons. The van der Waals surface area contributed by atoms with Crippen molar-refractivity contribution in [1.29, 1.82) is 0 Å². The number of hydrogen-bond acceptors (Lipinski definition) is 2. The van der Waals surface area contributed by atoms with Gasteiger partial charge in [0.2, 0.25) is 0 Å². The third-order valence-electron chi connectivity index (χ3n) is 2.35. The van der Waals surface area contributed by atoms with Gasteiger partial charge in [-0.05, 0) is 43.0 Å². The Morgan fingerprint density at radius 2 is 1.88 bits per heavy atom. The molecule has 0 fully saturated rings. The van der Waals surface area contributed by atoms with Crippen molar-refractivity contribution >= 4 is 17.6 Å². The number of benzene rings is 1. The van der Waals surface area contributed by atoms with Gasteiger partial charge in [0.25, 0.3) is 0 Å². The van der Waals surface area contributed by atoms with Crippen LogP contribution in [0.15, 0.2) is 18.2 Å². The van der Waals surface area contributed by atoms with E-state index in [0.717, 1.165) is 5.56 Å². The van der Waals surface area contributed by atoms with Crippen LogP contribution in [-0.4, -0.2) is 12.1 Å². The van der Waals surface area contributed by atoms with Crippen LogP contribution in [0.1, 0.15) is 50.5 Å². The van der Waals surface area contributed by atoms with Crippen molar-refractivity contribution in [2.45, 2.75) is 46.1 Å². The van der Waals surface area contributed by atoms with E-state index in [1.54, 1.807) is 12.1 Å². The summed E-state index contributed by atoms with van der Waals surface area (Å²) in [7, 11) is 0. The van der Waals surface area contributed by atoms with E-state index in [1.807, 2.05) is 40.7 Å². The van der Waals surface area contributed by atoms with Crippen LogP contribution in [-0.2, 0) is 10.2 Å². The molecule has 0 aliphatic heterocycles. The van der Waals surface area contributed by atoms with Crippen LogP contribution in [0.4, 0.5) is 0 Å². The summed E-state index contributed by atoms with van der Waals surface area (Å²) < 4.78 is 5.23. The predicted molar refractivity (Wildman–Crippen MR) is 70.7 cm³/mol. The first-order valence-electron chi connectivity index (χ1n) is 5.73. The fourth-order valence-corrected chi connectivity index (χ4v) is 1.76. The lowest BCUT2D eigenvalue weighted by Crippen LogP contribution is -2.20. The molecule has 3 heteroatoms. The number of carbonyl (C=O) groups is 1. The maximum absolute atomic E-state index is 12.0. The van der Waals surface area contributed by atoms with E-state index >= 15 is 0 Å². The number of rotatable bonds is 2. The molecule has 0 unspecified atom stereocenters. The van der Waals surface area contributed by atoms with Crippen LogP contribution in [0.5, 0.6) is 0 Å². The second-order valence-electron chi connectivity index (χ2n) is 5.39. The lowest BCUT2D eigenvalue weighted by Gasteiger charge is -2.22. The van der Waals surface area contributed by atoms with Gasteiger partial charge in [0.05, 0.1) is 11.7 Å². The Bertz CT molecular complexity index is 417. The second kappa shape index (κ2) is 5.09. The SMILES string of the molecule is CC(C)OC(=O)c1ccc(Cl)cc1C(C)(C)C. The normalized spacial score (nSPS) is 11.7. The zero-order chi connectivity index (χ0) is 13.2. The van der Waals surface area contributed by atoms with E-state index in [9.17, 15) is 4.79 Å². The third-order valence-corrected chi connectivity index (χ3v) is 2.59. The Hall–Kier alpha value is -1.02. The summed E-state index contributed by atoms with van der Waals surface area (Å²) in [4.78, 5) is 12.0. The monoisotopic (exact) mass is 254 g/mol. The van der Waals surface area contributed by atoms with Gasteiger partial charge in [0.1, 0.15) is 0 Å². The molecule has 0 N–H and O–H groups in total. The first kappa shape index (κ1) is 14.0. The minimum atomic E-state index is -0.290. The summed E-state index contributed by atoms with van der Waals surface area (Å²) in [6.07, 6.45) is -0.119. The maximum Gasteiger partial charge on any atom is 0.338 e. The van der Waals surface area contributed by atoms with Crippen molar-refractivity contribution in [3.8, 4) is 0 Å². The minimum Gasteiger partial charge on any atom is -0.459 e. The highest BCUT2D eigenvalue weighted by molar-refractivity contribution is 6.30. The highest BCUT2D eigenvalue weighted by Gasteiger charge is 2.23. The minimum absolute atomic E-state index is 0.119. The van der Waals surface area contributed by atoms with Crippen LogP contribution in [0, 0.1) is 0 Å². The zero-order valence-electron chi connectivity index (χ0n) is 11.0. The molecule has 17 heavy (non-hydrogen) atoms. The number of halogens is 1. The summed E-state index contributed by atoms with van der Waals surface area (Å²) in [5.41, 5.74) is 1.36. The molecule has 0 aromatic heterocycles. The van der Waals surface area contributed by atoms with Crippen molar-refractivity contribution in [1.82, 2.24) is 0 Å². The van der Waals surface area contributed by atoms with Gasteiger partial charge in [-0.3, -0.25) is 0 Å². The molecule has 1 rings (SSSR count). The van der Waals surface area contributed by atoms with Gasteiger partial charge in [0.15, 0.2) is 0 Å². The van der Waals surface area contributed by atoms with Crippen LogP contribution < -0.4 is 0 Å². The molecular formula is C14H19ClO2. The molecule has 0 bridgehead atoms. The van der Waals surface area contributed by atoms with Crippen molar-refractivity contribution in [3.63, 3.8) is 0 Å². The van der Waals surface area contributed by atoms with E-state index in [4.69, 9.17) is 16.3 Å². The first-order valence-corrected chi connectivity index (χ1v) is 6.10. The van der Waals surface area contributed by atoms with Gasteiger partial charge in [-0.2, -0.15) is 0 Å². The molecule has 0 saturated heterocycles. The predicted octanol–water partition coefficient (Wildman–Crippen LogP) is 4.20. The smallest absolute Gasteiger partial charge is 0.338 e. The lowest BCUT2D eigenvalue weighted by atomic mass is 9.84. The lowest BCUT2D eigenvalue weighted by molar-refractivity contribution is 0.0375. The van der Waals surface area contributed by atoms with Crippen molar-refractivity contribution < 1.29 is 9.53 Å². The Balaban J connectivity index is 3.20. The highest BCUT2D eigenvalue weighted by atomic mass is 35.5. The average molecular weight is 255 g/mol. The first-order chi connectivity index (χ1) is 7.71. The van der Waals surface area contributed by atoms with Crippen molar-refractivity contribution in [2.75, 3.05) is 0 Å². The maximum atomic E-state index is 12.0. The Morgan fingerprint density at radius 3 is 2.35 bits per heavy atom. The van der Waals surface area contributed by atoms with Crippen LogP contribution >= 0.6 is 11.6 Å². The van der Waals surface area contributed by atoms with Crippen LogP contribution in [0.25, 0.3) is 0 Å². The number of hydrogen-bond donors (Lipinski definition) is 0. The average Bonchev–Trinajstić information content (AvgIpc) is 2.14. The van der Waals surface area contributed by atoms with Gasteiger partial charge >= 0.3 is 5.97 Å². The second-order valence-corrected chi connectivity index (χ2v) is 5.83. The van der Waals surface area contributed by atoms with Gasteiger partial charge in [-0.1, -0.05) is 32.4 Å². The third kappa shape index (κ3) is 3.74. The summed E-state index contributed by atoms with van der Waals surface area (Å²) in [5, 5.41) is 0.635. The van der Waals surface area contributed by atoms with Crippen LogP contribution in [0.2, 0.25) is 5.02 Å². The van der Waals surface area contributed by atoms with Gasteiger partial charge < -0.3 is 4.74 Å². The van der Waals surface area contributed by atoms with E-state index < -0.39 is 0 Å². The van der Waals surface area contributed by atoms with E-state index in [1.165, 1.54) is 0 Å². The molecule has 0 saturated carbocycles. The fourth-order valence-electron chi connectivity index (χ4n) is 1.59. The Morgan fingerprint density at radius 1 is 1.29 bits per heavy atom. The molecule has 0 heterocycles. The molecule has 1 aromatic carbocycles.